The maximum atomic E-state index is 13.0. The van der Waals surface area contributed by atoms with Crippen LogP contribution in [0.25, 0.3) is 0 Å². The average Bonchev–Trinajstić information content (AvgIpc) is 2.65. The van der Waals surface area contributed by atoms with E-state index < -0.39 is 5.92 Å². The Morgan fingerprint density at radius 1 is 1.04 bits per heavy atom. The average molecular weight is 450 g/mol. The molecule has 1 aromatic carbocycles. The van der Waals surface area contributed by atoms with Crippen molar-refractivity contribution in [1.82, 2.24) is 5.32 Å². The van der Waals surface area contributed by atoms with E-state index in [1.54, 1.807) is 7.05 Å². The van der Waals surface area contributed by atoms with E-state index in [4.69, 9.17) is 0 Å². The van der Waals surface area contributed by atoms with Gasteiger partial charge in [-0.3, -0.25) is 14.4 Å². The van der Waals surface area contributed by atoms with Crippen molar-refractivity contribution in [3.8, 4) is 0 Å². The summed E-state index contributed by atoms with van der Waals surface area (Å²) in [4.78, 5) is 37.9. The van der Waals surface area contributed by atoms with Gasteiger partial charge in [0.2, 0.25) is 5.91 Å². The van der Waals surface area contributed by atoms with Crippen LogP contribution in [-0.4, -0.2) is 24.5 Å². The molecule has 0 radical (unpaired) electrons. The van der Waals surface area contributed by atoms with Crippen molar-refractivity contribution in [2.45, 2.75) is 72.1 Å². The van der Waals surface area contributed by atoms with Crippen LogP contribution in [0.2, 0.25) is 0 Å². The number of carbonyl (C=O) groups excluding carboxylic acids is 3. The van der Waals surface area contributed by atoms with Crippen LogP contribution >= 0.6 is 15.9 Å². The summed E-state index contributed by atoms with van der Waals surface area (Å²) < 4.78 is 0.968. The van der Waals surface area contributed by atoms with Gasteiger partial charge in [-0.2, -0.15) is 0 Å². The van der Waals surface area contributed by atoms with Gasteiger partial charge in [-0.05, 0) is 73.8 Å². The Labute approximate surface area is 177 Å². The summed E-state index contributed by atoms with van der Waals surface area (Å²) in [5.41, 5.74) is 2.63. The van der Waals surface area contributed by atoms with Crippen molar-refractivity contribution in [3.63, 3.8) is 0 Å². The van der Waals surface area contributed by atoms with Crippen molar-refractivity contribution in [2.75, 3.05) is 7.05 Å². The number of nitrogens with one attached hydrogen (secondary N) is 1. The highest BCUT2D eigenvalue weighted by molar-refractivity contribution is 9.10. The highest BCUT2D eigenvalue weighted by Gasteiger charge is 2.48. The summed E-state index contributed by atoms with van der Waals surface area (Å²) in [6.07, 6.45) is 4.02. The molecular weight excluding hydrogens is 418 g/mol. The largest absolute Gasteiger partial charge is 0.359 e. The van der Waals surface area contributed by atoms with Crippen LogP contribution in [0.5, 0.6) is 0 Å². The zero-order valence-electron chi connectivity index (χ0n) is 17.7. The Bertz CT molecular complexity index is 720. The van der Waals surface area contributed by atoms with Gasteiger partial charge in [0.15, 0.2) is 0 Å². The lowest BCUT2D eigenvalue weighted by molar-refractivity contribution is -0.138. The SMILES string of the molecule is CC.CNC(=O)C1CCC2(CC1)CC(=O)C(c1c(C)cc(Br)cc1C)C(=O)C2. The van der Waals surface area contributed by atoms with Gasteiger partial charge < -0.3 is 5.32 Å². The lowest BCUT2D eigenvalue weighted by Crippen LogP contribution is -2.43. The molecule has 1 spiro atoms. The number of halogens is 1. The van der Waals surface area contributed by atoms with Crippen LogP contribution in [0.1, 0.15) is 75.0 Å². The van der Waals surface area contributed by atoms with E-state index in [0.29, 0.717) is 12.8 Å². The standard InChI is InChI=1S/C21H26BrNO3.C2H6/c1-12-8-15(22)9-13(2)18(12)19-16(24)10-21(11-17(19)25)6-4-14(5-7-21)20(26)23-3;1-2/h8-9,14,19H,4-7,10-11H2,1-3H3,(H,23,26);1-2H3. The second-order valence-corrected chi connectivity index (χ2v) is 8.98. The van der Waals surface area contributed by atoms with Crippen LogP contribution in [0, 0.1) is 25.2 Å². The van der Waals surface area contributed by atoms with E-state index in [0.717, 1.165) is 46.8 Å². The van der Waals surface area contributed by atoms with Crippen molar-refractivity contribution in [3.05, 3.63) is 33.3 Å². The Morgan fingerprint density at radius 3 is 1.93 bits per heavy atom. The molecule has 1 aromatic rings. The first-order valence-corrected chi connectivity index (χ1v) is 11.1. The third-order valence-corrected chi connectivity index (χ3v) is 6.71. The van der Waals surface area contributed by atoms with Gasteiger partial charge in [-0.1, -0.05) is 29.8 Å². The molecule has 0 unspecified atom stereocenters. The van der Waals surface area contributed by atoms with Crippen LogP contribution in [0.4, 0.5) is 0 Å². The van der Waals surface area contributed by atoms with E-state index >= 15 is 0 Å². The second-order valence-electron chi connectivity index (χ2n) is 8.06. The van der Waals surface area contributed by atoms with Crippen LogP contribution in [0.15, 0.2) is 16.6 Å². The molecule has 28 heavy (non-hydrogen) atoms. The van der Waals surface area contributed by atoms with Gasteiger partial charge >= 0.3 is 0 Å². The summed E-state index contributed by atoms with van der Waals surface area (Å²) in [6, 6.07) is 3.95. The summed E-state index contributed by atoms with van der Waals surface area (Å²) in [5, 5.41) is 2.71. The molecular formula is C23H32BrNO3. The lowest BCUT2D eigenvalue weighted by Gasteiger charge is -2.43. The van der Waals surface area contributed by atoms with Gasteiger partial charge in [-0.15, -0.1) is 0 Å². The second kappa shape index (κ2) is 9.34. The van der Waals surface area contributed by atoms with Gasteiger partial charge in [0, 0.05) is 30.3 Å². The zero-order valence-corrected chi connectivity index (χ0v) is 19.2. The topological polar surface area (TPSA) is 63.2 Å². The molecule has 0 heterocycles. The smallest absolute Gasteiger partial charge is 0.222 e. The molecule has 3 rings (SSSR count). The normalized spacial score (nSPS) is 27.2. The van der Waals surface area contributed by atoms with E-state index in [1.165, 1.54) is 0 Å². The highest BCUT2D eigenvalue weighted by Crippen LogP contribution is 2.50. The Hall–Kier alpha value is -1.49. The highest BCUT2D eigenvalue weighted by atomic mass is 79.9. The molecule has 0 aliphatic heterocycles. The quantitative estimate of drug-likeness (QED) is 0.643. The summed E-state index contributed by atoms with van der Waals surface area (Å²) in [6.45, 7) is 7.93. The van der Waals surface area contributed by atoms with E-state index in [9.17, 15) is 14.4 Å². The minimum atomic E-state index is -0.620. The molecule has 1 N–H and O–H groups in total. The van der Waals surface area contributed by atoms with Crippen molar-refractivity contribution in [1.29, 1.82) is 0 Å². The third-order valence-electron chi connectivity index (χ3n) is 6.25. The summed E-state index contributed by atoms with van der Waals surface area (Å²) >= 11 is 3.48. The molecule has 1 amide bonds. The van der Waals surface area contributed by atoms with E-state index in [2.05, 4.69) is 21.2 Å². The number of carbonyl (C=O) groups is 3. The fourth-order valence-electron chi connectivity index (χ4n) is 4.93. The third kappa shape index (κ3) is 4.56. The van der Waals surface area contributed by atoms with E-state index in [1.807, 2.05) is 39.8 Å². The first-order valence-electron chi connectivity index (χ1n) is 10.3. The van der Waals surface area contributed by atoms with Gasteiger partial charge in [0.05, 0.1) is 0 Å². The van der Waals surface area contributed by atoms with Gasteiger partial charge in [0.1, 0.15) is 17.5 Å². The predicted molar refractivity (Wildman–Crippen MR) is 115 cm³/mol. The number of benzene rings is 1. The molecule has 0 aromatic heterocycles. The number of ketones is 2. The number of hydrogen-bond acceptors (Lipinski definition) is 3. The molecule has 0 bridgehead atoms. The molecule has 4 nitrogen and oxygen atoms in total. The molecule has 2 aliphatic rings. The predicted octanol–water partition coefficient (Wildman–Crippen LogP) is 5.03. The summed E-state index contributed by atoms with van der Waals surface area (Å²) in [7, 11) is 1.66. The monoisotopic (exact) mass is 449 g/mol. The van der Waals surface area contributed by atoms with Crippen LogP contribution < -0.4 is 5.32 Å². The van der Waals surface area contributed by atoms with Gasteiger partial charge in [0.25, 0.3) is 0 Å². The fraction of sp³-hybridized carbons (Fsp3) is 0.609. The van der Waals surface area contributed by atoms with Crippen molar-refractivity contribution in [2.24, 2.45) is 11.3 Å². The minimum absolute atomic E-state index is 0.0181. The maximum Gasteiger partial charge on any atom is 0.222 e. The number of rotatable bonds is 2. The lowest BCUT2D eigenvalue weighted by atomic mass is 9.59. The van der Waals surface area contributed by atoms with Crippen molar-refractivity contribution < 1.29 is 14.4 Å². The summed E-state index contributed by atoms with van der Waals surface area (Å²) in [5.74, 6) is -0.427. The minimum Gasteiger partial charge on any atom is -0.359 e. The molecule has 2 fully saturated rings. The zero-order chi connectivity index (χ0) is 21.1. The van der Waals surface area contributed by atoms with Crippen LogP contribution in [-0.2, 0) is 14.4 Å². The Balaban J connectivity index is 0.00000136. The first kappa shape index (κ1) is 22.8. The molecule has 2 saturated carbocycles. The molecule has 154 valence electrons. The maximum absolute atomic E-state index is 13.0. The van der Waals surface area contributed by atoms with Crippen LogP contribution in [0.3, 0.4) is 0 Å². The molecule has 2 aliphatic carbocycles. The number of amides is 1. The fourth-order valence-corrected chi connectivity index (χ4v) is 5.62. The molecule has 0 atom stereocenters. The number of Topliss-reactive ketones (excluding diaryl/α,β-unsaturated/α-hetero) is 2. The number of aryl methyl sites for hydroxylation is 2. The Kier molecular flexibility index (Phi) is 7.60. The molecule has 5 heteroatoms. The van der Waals surface area contributed by atoms with Gasteiger partial charge in [-0.25, -0.2) is 0 Å². The van der Waals surface area contributed by atoms with Crippen molar-refractivity contribution >= 4 is 33.4 Å². The molecule has 0 saturated heterocycles. The Morgan fingerprint density at radius 2 is 1.50 bits per heavy atom. The first-order chi connectivity index (χ1) is 13.3. The number of hydrogen-bond donors (Lipinski definition) is 1. The van der Waals surface area contributed by atoms with E-state index in [-0.39, 0.29) is 28.8 Å².